The maximum Gasteiger partial charge on any atom is 0.258 e. The highest BCUT2D eigenvalue weighted by molar-refractivity contribution is 6.30. The van der Waals surface area contributed by atoms with E-state index in [2.05, 4.69) is 15.7 Å². The number of amides is 2. The zero-order valence-corrected chi connectivity index (χ0v) is 16.5. The number of nitrogens with one attached hydrogen (secondary N) is 2. The molecule has 1 heterocycles. The van der Waals surface area contributed by atoms with E-state index in [0.717, 1.165) is 18.5 Å². The summed E-state index contributed by atoms with van der Waals surface area (Å²) in [4.78, 5) is 24.8. The molecule has 0 bridgehead atoms. The van der Waals surface area contributed by atoms with Crippen LogP contribution in [0.25, 0.3) is 5.69 Å². The molecule has 0 atom stereocenters. The normalized spacial score (nSPS) is 14.0. The quantitative estimate of drug-likeness (QED) is 0.654. The van der Waals surface area contributed by atoms with Gasteiger partial charge in [-0.1, -0.05) is 30.5 Å². The van der Waals surface area contributed by atoms with Gasteiger partial charge in [-0.25, -0.2) is 4.68 Å². The molecule has 2 amide bonds. The summed E-state index contributed by atoms with van der Waals surface area (Å²) in [7, 11) is 0. The number of nitrogens with zero attached hydrogens (tertiary/aromatic N) is 2. The molecule has 0 spiro atoms. The molecule has 0 saturated heterocycles. The van der Waals surface area contributed by atoms with Crippen LogP contribution in [0.4, 0.5) is 5.69 Å². The molecule has 1 saturated carbocycles. The lowest BCUT2D eigenvalue weighted by Crippen LogP contribution is -2.32. The molecule has 1 fully saturated rings. The van der Waals surface area contributed by atoms with Gasteiger partial charge in [-0.3, -0.25) is 9.59 Å². The molecule has 0 unspecified atom stereocenters. The molecule has 2 aromatic carbocycles. The highest BCUT2D eigenvalue weighted by atomic mass is 35.5. The van der Waals surface area contributed by atoms with Crippen molar-refractivity contribution in [3.8, 4) is 5.69 Å². The fourth-order valence-electron chi connectivity index (χ4n) is 3.45. The molecule has 1 aliphatic rings. The van der Waals surface area contributed by atoms with Gasteiger partial charge in [0.25, 0.3) is 11.8 Å². The van der Waals surface area contributed by atoms with Crippen LogP contribution in [0.5, 0.6) is 0 Å². The molecule has 148 valence electrons. The number of halogens is 1. The zero-order valence-electron chi connectivity index (χ0n) is 15.8. The summed E-state index contributed by atoms with van der Waals surface area (Å²) in [6.07, 6.45) is 7.57. The topological polar surface area (TPSA) is 76.0 Å². The van der Waals surface area contributed by atoms with Crippen LogP contribution in [0, 0.1) is 0 Å². The van der Waals surface area contributed by atoms with Gasteiger partial charge in [-0.2, -0.15) is 5.10 Å². The Balaban J connectivity index is 1.39. The van der Waals surface area contributed by atoms with Gasteiger partial charge >= 0.3 is 0 Å². The van der Waals surface area contributed by atoms with Crippen LogP contribution < -0.4 is 10.6 Å². The van der Waals surface area contributed by atoms with Crippen molar-refractivity contribution in [2.24, 2.45) is 0 Å². The van der Waals surface area contributed by atoms with Crippen LogP contribution in [-0.4, -0.2) is 27.6 Å². The van der Waals surface area contributed by atoms with Crippen molar-refractivity contribution in [3.05, 3.63) is 77.1 Å². The second kappa shape index (κ2) is 8.49. The van der Waals surface area contributed by atoms with E-state index in [1.165, 1.54) is 19.0 Å². The van der Waals surface area contributed by atoms with Crippen molar-refractivity contribution >= 4 is 29.1 Å². The number of hydrogen-bond acceptors (Lipinski definition) is 3. The van der Waals surface area contributed by atoms with Crippen LogP contribution in [0.15, 0.2) is 60.9 Å². The summed E-state index contributed by atoms with van der Waals surface area (Å²) in [6, 6.07) is 14.4. The summed E-state index contributed by atoms with van der Waals surface area (Å²) in [5, 5.41) is 10.7. The van der Waals surface area contributed by atoms with E-state index in [1.54, 1.807) is 47.3 Å². The third-order valence-electron chi connectivity index (χ3n) is 5.01. The van der Waals surface area contributed by atoms with E-state index in [1.807, 2.05) is 12.1 Å². The molecule has 1 aromatic heterocycles. The smallest absolute Gasteiger partial charge is 0.258 e. The van der Waals surface area contributed by atoms with Gasteiger partial charge in [0.1, 0.15) is 0 Å². The number of anilines is 1. The standard InChI is InChI=1S/C22H21ClN4O2/c23-17-4-3-7-20(12-17)27-14-16(13-24-27)22(29)26-19-10-8-15(9-11-19)21(28)25-18-5-1-2-6-18/h3-4,7-14,18H,1-2,5-6H2,(H,25,28)(H,26,29). The number of carbonyl (C=O) groups is 2. The summed E-state index contributed by atoms with van der Waals surface area (Å²) in [6.45, 7) is 0. The lowest BCUT2D eigenvalue weighted by atomic mass is 10.1. The summed E-state index contributed by atoms with van der Waals surface area (Å²) < 4.78 is 1.59. The first-order valence-electron chi connectivity index (χ1n) is 9.61. The highest BCUT2D eigenvalue weighted by Crippen LogP contribution is 2.19. The second-order valence-corrected chi connectivity index (χ2v) is 7.58. The first-order valence-corrected chi connectivity index (χ1v) is 9.99. The molecule has 4 rings (SSSR count). The minimum atomic E-state index is -0.276. The van der Waals surface area contributed by atoms with E-state index in [-0.39, 0.29) is 17.9 Å². The number of hydrogen-bond donors (Lipinski definition) is 2. The summed E-state index contributed by atoms with van der Waals surface area (Å²) >= 11 is 6.00. The Kier molecular flexibility index (Phi) is 5.62. The Morgan fingerprint density at radius 3 is 2.48 bits per heavy atom. The average molecular weight is 409 g/mol. The fourth-order valence-corrected chi connectivity index (χ4v) is 3.63. The molecule has 0 aliphatic heterocycles. The van der Waals surface area contributed by atoms with Crippen molar-refractivity contribution in [3.63, 3.8) is 0 Å². The molecule has 29 heavy (non-hydrogen) atoms. The largest absolute Gasteiger partial charge is 0.349 e. The molecular weight excluding hydrogens is 388 g/mol. The fraction of sp³-hybridized carbons (Fsp3) is 0.227. The predicted octanol–water partition coefficient (Wildman–Crippen LogP) is 4.45. The molecule has 0 radical (unpaired) electrons. The maximum atomic E-state index is 12.5. The van der Waals surface area contributed by atoms with Gasteiger partial charge < -0.3 is 10.6 Å². The summed E-state index contributed by atoms with van der Waals surface area (Å²) in [5.74, 6) is -0.348. The van der Waals surface area contributed by atoms with Crippen LogP contribution >= 0.6 is 11.6 Å². The lowest BCUT2D eigenvalue weighted by Gasteiger charge is -2.12. The SMILES string of the molecule is O=C(Nc1ccc(C(=O)NC2CCCC2)cc1)c1cnn(-c2cccc(Cl)c2)c1. The highest BCUT2D eigenvalue weighted by Gasteiger charge is 2.18. The number of benzene rings is 2. The van der Waals surface area contributed by atoms with Crippen molar-refractivity contribution in [2.45, 2.75) is 31.7 Å². The number of carbonyl (C=O) groups excluding carboxylic acids is 2. The van der Waals surface area contributed by atoms with E-state index >= 15 is 0 Å². The predicted molar refractivity (Wildman–Crippen MR) is 113 cm³/mol. The second-order valence-electron chi connectivity index (χ2n) is 7.14. The molecular formula is C22H21ClN4O2. The third kappa shape index (κ3) is 4.66. The van der Waals surface area contributed by atoms with Gasteiger partial charge in [0, 0.05) is 28.5 Å². The van der Waals surface area contributed by atoms with Crippen molar-refractivity contribution < 1.29 is 9.59 Å². The molecule has 1 aliphatic carbocycles. The summed E-state index contributed by atoms with van der Waals surface area (Å²) in [5.41, 5.74) is 2.40. The van der Waals surface area contributed by atoms with Crippen molar-refractivity contribution in [1.29, 1.82) is 0 Å². The van der Waals surface area contributed by atoms with E-state index < -0.39 is 0 Å². The minimum absolute atomic E-state index is 0.0717. The monoisotopic (exact) mass is 408 g/mol. The van der Waals surface area contributed by atoms with Gasteiger partial charge in [-0.15, -0.1) is 0 Å². The van der Waals surface area contributed by atoms with Crippen LogP contribution in [0.3, 0.4) is 0 Å². The van der Waals surface area contributed by atoms with Crippen LogP contribution in [-0.2, 0) is 0 Å². The average Bonchev–Trinajstić information content (AvgIpc) is 3.41. The first kappa shape index (κ1) is 19.2. The minimum Gasteiger partial charge on any atom is -0.349 e. The Hall–Kier alpha value is -3.12. The van der Waals surface area contributed by atoms with Gasteiger partial charge in [0.2, 0.25) is 0 Å². The Morgan fingerprint density at radius 2 is 1.76 bits per heavy atom. The Morgan fingerprint density at radius 1 is 1.00 bits per heavy atom. The van der Waals surface area contributed by atoms with Crippen molar-refractivity contribution in [1.82, 2.24) is 15.1 Å². The third-order valence-corrected chi connectivity index (χ3v) is 5.25. The molecule has 6 nitrogen and oxygen atoms in total. The van der Waals surface area contributed by atoms with Gasteiger partial charge in [0.15, 0.2) is 0 Å². The van der Waals surface area contributed by atoms with Crippen molar-refractivity contribution in [2.75, 3.05) is 5.32 Å². The van der Waals surface area contributed by atoms with Gasteiger partial charge in [0.05, 0.1) is 17.4 Å². The lowest BCUT2D eigenvalue weighted by molar-refractivity contribution is 0.0937. The van der Waals surface area contributed by atoms with Crippen LogP contribution in [0.1, 0.15) is 46.4 Å². The first-order chi connectivity index (χ1) is 14.1. The number of aromatic nitrogens is 2. The number of rotatable bonds is 5. The van der Waals surface area contributed by atoms with E-state index in [9.17, 15) is 9.59 Å². The Labute approximate surface area is 173 Å². The zero-order chi connectivity index (χ0) is 20.2. The molecule has 3 aromatic rings. The molecule has 7 heteroatoms. The Bertz CT molecular complexity index is 1020. The van der Waals surface area contributed by atoms with Gasteiger partial charge in [-0.05, 0) is 55.3 Å². The van der Waals surface area contributed by atoms with Crippen LogP contribution in [0.2, 0.25) is 5.02 Å². The molecule has 2 N–H and O–H groups in total. The van der Waals surface area contributed by atoms with E-state index in [4.69, 9.17) is 11.6 Å². The van der Waals surface area contributed by atoms with E-state index in [0.29, 0.717) is 21.8 Å². The maximum absolute atomic E-state index is 12.5.